The van der Waals surface area contributed by atoms with Crippen LogP contribution in [0.5, 0.6) is 0 Å². The standard InChI is InChI=1S/C15H15ClN6O/c1-9(2)13-12(14(23)20-15-17-8-18-21-15)7-19-22(13)11-5-3-10(16)4-6-11/h3-9H,1-2H3,(H2,17,18,20,21,23). The molecule has 0 saturated heterocycles. The molecule has 0 bridgehead atoms. The molecule has 0 fully saturated rings. The van der Waals surface area contributed by atoms with Crippen molar-refractivity contribution in [2.45, 2.75) is 19.8 Å². The lowest BCUT2D eigenvalue weighted by Gasteiger charge is -2.12. The van der Waals surface area contributed by atoms with Gasteiger partial charge < -0.3 is 0 Å². The summed E-state index contributed by atoms with van der Waals surface area (Å²) in [5.74, 6) is 0.110. The van der Waals surface area contributed by atoms with Crippen LogP contribution in [0.15, 0.2) is 36.8 Å². The molecule has 0 radical (unpaired) electrons. The Bertz CT molecular complexity index is 807. The molecular weight excluding hydrogens is 316 g/mol. The zero-order valence-corrected chi connectivity index (χ0v) is 13.4. The Kier molecular flexibility index (Phi) is 4.12. The number of carbonyl (C=O) groups excluding carboxylic acids is 1. The summed E-state index contributed by atoms with van der Waals surface area (Å²) in [7, 11) is 0. The molecule has 3 rings (SSSR count). The quantitative estimate of drug-likeness (QED) is 0.769. The van der Waals surface area contributed by atoms with Crippen molar-refractivity contribution in [3.05, 3.63) is 53.1 Å². The number of aromatic amines is 1. The number of amides is 1. The van der Waals surface area contributed by atoms with E-state index in [1.54, 1.807) is 23.0 Å². The fourth-order valence-corrected chi connectivity index (χ4v) is 2.44. The van der Waals surface area contributed by atoms with Gasteiger partial charge in [0.25, 0.3) is 5.91 Å². The van der Waals surface area contributed by atoms with Crippen molar-refractivity contribution >= 4 is 23.5 Å². The summed E-state index contributed by atoms with van der Waals surface area (Å²) >= 11 is 5.93. The van der Waals surface area contributed by atoms with E-state index >= 15 is 0 Å². The van der Waals surface area contributed by atoms with Gasteiger partial charge in [-0.3, -0.25) is 10.1 Å². The van der Waals surface area contributed by atoms with Gasteiger partial charge in [0.2, 0.25) is 5.95 Å². The fourth-order valence-electron chi connectivity index (χ4n) is 2.32. The Morgan fingerprint density at radius 1 is 1.30 bits per heavy atom. The third-order valence-corrected chi connectivity index (χ3v) is 3.57. The Hall–Kier alpha value is -2.67. The van der Waals surface area contributed by atoms with Crippen molar-refractivity contribution < 1.29 is 4.79 Å². The second-order valence-electron chi connectivity index (χ2n) is 5.27. The second kappa shape index (κ2) is 6.21. The van der Waals surface area contributed by atoms with E-state index in [1.165, 1.54) is 6.33 Å². The maximum Gasteiger partial charge on any atom is 0.261 e. The number of nitrogens with zero attached hydrogens (tertiary/aromatic N) is 4. The molecule has 0 aliphatic carbocycles. The zero-order chi connectivity index (χ0) is 16.4. The number of H-pyrrole nitrogens is 1. The molecule has 0 spiro atoms. The van der Waals surface area contributed by atoms with Crippen LogP contribution in [-0.4, -0.2) is 30.9 Å². The molecule has 2 aromatic heterocycles. The van der Waals surface area contributed by atoms with Crippen molar-refractivity contribution in [2.75, 3.05) is 5.32 Å². The largest absolute Gasteiger partial charge is 0.291 e. The first-order chi connectivity index (χ1) is 11.1. The van der Waals surface area contributed by atoms with Crippen molar-refractivity contribution in [3.8, 4) is 5.69 Å². The first kappa shape index (κ1) is 15.2. The normalized spacial score (nSPS) is 11.0. The number of aromatic nitrogens is 5. The van der Waals surface area contributed by atoms with Crippen LogP contribution in [0.2, 0.25) is 5.02 Å². The lowest BCUT2D eigenvalue weighted by molar-refractivity contribution is 0.102. The van der Waals surface area contributed by atoms with Crippen LogP contribution in [-0.2, 0) is 0 Å². The van der Waals surface area contributed by atoms with E-state index in [-0.39, 0.29) is 11.8 Å². The minimum atomic E-state index is -0.286. The fraction of sp³-hybridized carbons (Fsp3) is 0.200. The van der Waals surface area contributed by atoms with E-state index < -0.39 is 0 Å². The summed E-state index contributed by atoms with van der Waals surface area (Å²) in [6.45, 7) is 4.02. The van der Waals surface area contributed by atoms with Crippen molar-refractivity contribution in [3.63, 3.8) is 0 Å². The van der Waals surface area contributed by atoms with Crippen LogP contribution in [0, 0.1) is 0 Å². The van der Waals surface area contributed by atoms with Gasteiger partial charge in [0, 0.05) is 5.02 Å². The van der Waals surface area contributed by atoms with Crippen molar-refractivity contribution in [2.24, 2.45) is 0 Å². The number of halogens is 1. The van der Waals surface area contributed by atoms with Crippen LogP contribution in [0.1, 0.15) is 35.8 Å². The maximum atomic E-state index is 12.5. The van der Waals surface area contributed by atoms with Gasteiger partial charge in [0.1, 0.15) is 6.33 Å². The van der Waals surface area contributed by atoms with E-state index in [0.29, 0.717) is 16.5 Å². The van der Waals surface area contributed by atoms with Crippen LogP contribution >= 0.6 is 11.6 Å². The topological polar surface area (TPSA) is 88.5 Å². The van der Waals surface area contributed by atoms with Gasteiger partial charge in [-0.2, -0.15) is 15.2 Å². The lowest BCUT2D eigenvalue weighted by atomic mass is 10.1. The summed E-state index contributed by atoms with van der Waals surface area (Å²) in [6.07, 6.45) is 2.88. The molecule has 8 heteroatoms. The van der Waals surface area contributed by atoms with E-state index in [1.807, 2.05) is 26.0 Å². The van der Waals surface area contributed by atoms with Gasteiger partial charge in [-0.05, 0) is 30.2 Å². The van der Waals surface area contributed by atoms with Gasteiger partial charge >= 0.3 is 0 Å². The molecule has 1 aromatic carbocycles. The Balaban J connectivity index is 1.98. The molecule has 1 amide bonds. The van der Waals surface area contributed by atoms with Crippen LogP contribution in [0.3, 0.4) is 0 Å². The van der Waals surface area contributed by atoms with Crippen molar-refractivity contribution in [1.29, 1.82) is 0 Å². The number of nitrogens with one attached hydrogen (secondary N) is 2. The SMILES string of the molecule is CC(C)c1c(C(=O)Nc2ncn[nH]2)cnn1-c1ccc(Cl)cc1. The number of carbonyl (C=O) groups is 1. The van der Waals surface area contributed by atoms with E-state index in [0.717, 1.165) is 11.4 Å². The molecule has 2 N–H and O–H groups in total. The van der Waals surface area contributed by atoms with Gasteiger partial charge in [0.15, 0.2) is 0 Å². The third-order valence-electron chi connectivity index (χ3n) is 3.32. The lowest BCUT2D eigenvalue weighted by Crippen LogP contribution is -2.16. The van der Waals surface area contributed by atoms with Gasteiger partial charge in [0.05, 0.1) is 23.1 Å². The molecule has 2 heterocycles. The van der Waals surface area contributed by atoms with Crippen molar-refractivity contribution in [1.82, 2.24) is 25.0 Å². The predicted molar refractivity (Wildman–Crippen MR) is 87.0 cm³/mol. The number of hydrogen-bond donors (Lipinski definition) is 2. The highest BCUT2D eigenvalue weighted by atomic mass is 35.5. The first-order valence-corrected chi connectivity index (χ1v) is 7.44. The first-order valence-electron chi connectivity index (χ1n) is 7.07. The monoisotopic (exact) mass is 330 g/mol. The molecule has 0 atom stereocenters. The molecule has 0 aliphatic heterocycles. The number of hydrogen-bond acceptors (Lipinski definition) is 4. The summed E-state index contributed by atoms with van der Waals surface area (Å²) in [5, 5.41) is 14.0. The van der Waals surface area contributed by atoms with Crippen LogP contribution < -0.4 is 5.32 Å². The summed E-state index contributed by atoms with van der Waals surface area (Å²) < 4.78 is 1.75. The maximum absolute atomic E-state index is 12.5. The number of rotatable bonds is 4. The number of anilines is 1. The molecule has 7 nitrogen and oxygen atoms in total. The highest BCUT2D eigenvalue weighted by molar-refractivity contribution is 6.30. The molecule has 3 aromatic rings. The minimum absolute atomic E-state index is 0.101. The van der Waals surface area contributed by atoms with Crippen LogP contribution in [0.4, 0.5) is 5.95 Å². The van der Waals surface area contributed by atoms with E-state index in [4.69, 9.17) is 11.6 Å². The average Bonchev–Trinajstić information content (AvgIpc) is 3.16. The smallest absolute Gasteiger partial charge is 0.261 e. The Labute approximate surface area is 137 Å². The Morgan fingerprint density at radius 3 is 2.65 bits per heavy atom. The average molecular weight is 331 g/mol. The summed E-state index contributed by atoms with van der Waals surface area (Å²) in [5.41, 5.74) is 2.15. The molecule has 0 aliphatic rings. The van der Waals surface area contributed by atoms with E-state index in [9.17, 15) is 4.79 Å². The Morgan fingerprint density at radius 2 is 2.04 bits per heavy atom. The molecule has 0 unspecified atom stereocenters. The van der Waals surface area contributed by atoms with Gasteiger partial charge in [-0.1, -0.05) is 25.4 Å². The molecular formula is C15H15ClN6O. The zero-order valence-electron chi connectivity index (χ0n) is 12.6. The second-order valence-corrected chi connectivity index (χ2v) is 5.71. The highest BCUT2D eigenvalue weighted by Gasteiger charge is 2.21. The van der Waals surface area contributed by atoms with Gasteiger partial charge in [-0.15, -0.1) is 0 Å². The van der Waals surface area contributed by atoms with Gasteiger partial charge in [-0.25, -0.2) is 9.78 Å². The predicted octanol–water partition coefficient (Wildman–Crippen LogP) is 3.02. The number of benzene rings is 1. The van der Waals surface area contributed by atoms with Crippen LogP contribution in [0.25, 0.3) is 5.69 Å². The van der Waals surface area contributed by atoms with E-state index in [2.05, 4.69) is 25.6 Å². The highest BCUT2D eigenvalue weighted by Crippen LogP contribution is 2.24. The summed E-state index contributed by atoms with van der Waals surface area (Å²) in [6, 6.07) is 7.30. The minimum Gasteiger partial charge on any atom is -0.291 e. The summed E-state index contributed by atoms with van der Waals surface area (Å²) in [4.78, 5) is 16.4. The third kappa shape index (κ3) is 3.09. The molecule has 0 saturated carbocycles. The molecule has 23 heavy (non-hydrogen) atoms. The molecule has 118 valence electrons.